The van der Waals surface area contributed by atoms with Crippen LogP contribution in [-0.2, 0) is 9.47 Å². The Labute approximate surface area is 181 Å². The molecule has 0 aliphatic carbocycles. The lowest BCUT2D eigenvalue weighted by atomic mass is 10.0. The fraction of sp³-hybridized carbons (Fsp3) is 0.632. The summed E-state index contributed by atoms with van der Waals surface area (Å²) in [5.41, 5.74) is 0.585. The molecule has 0 radical (unpaired) electrons. The van der Waals surface area contributed by atoms with Crippen LogP contribution in [-0.4, -0.2) is 85.0 Å². The number of aliphatic hydroxyl groups is 2. The van der Waals surface area contributed by atoms with Crippen molar-refractivity contribution in [2.45, 2.75) is 43.2 Å². The van der Waals surface area contributed by atoms with Crippen LogP contribution in [0.1, 0.15) is 12.8 Å². The van der Waals surface area contributed by atoms with Gasteiger partial charge in [-0.05, 0) is 37.6 Å². The fourth-order valence-corrected chi connectivity index (χ4v) is 4.30. The number of nitrogens with zero attached hydrogens (tertiary/aromatic N) is 1. The molecule has 29 heavy (non-hydrogen) atoms. The number of aliphatic hydroxyl groups excluding tert-OH is 2. The Kier molecular flexibility index (Phi) is 9.42. The van der Waals surface area contributed by atoms with Gasteiger partial charge in [0.1, 0.15) is 12.2 Å². The predicted molar refractivity (Wildman–Crippen MR) is 113 cm³/mol. The molecular weight excluding hydrogens is 421 g/mol. The minimum Gasteiger partial charge on any atom is -0.394 e. The van der Waals surface area contributed by atoms with Crippen LogP contribution < -0.4 is 10.6 Å². The molecular formula is C19H29Cl2N3O5. The molecule has 5 atom stereocenters. The number of hydrogen-bond acceptors (Lipinski definition) is 6. The van der Waals surface area contributed by atoms with Gasteiger partial charge in [0.05, 0.1) is 25.4 Å². The highest BCUT2D eigenvalue weighted by atomic mass is 35.5. The predicted octanol–water partition coefficient (Wildman–Crippen LogP) is 1.48. The number of rotatable bonds is 7. The van der Waals surface area contributed by atoms with E-state index >= 15 is 0 Å². The van der Waals surface area contributed by atoms with E-state index in [0.29, 0.717) is 17.3 Å². The number of amides is 2. The van der Waals surface area contributed by atoms with Gasteiger partial charge in [-0.25, -0.2) is 4.79 Å². The maximum atomic E-state index is 12.2. The lowest BCUT2D eigenvalue weighted by molar-refractivity contribution is -0.0205. The molecule has 2 heterocycles. The van der Waals surface area contributed by atoms with E-state index in [0.717, 1.165) is 19.4 Å². The smallest absolute Gasteiger partial charge is 0.319 e. The lowest BCUT2D eigenvalue weighted by Crippen LogP contribution is -2.53. The molecule has 0 unspecified atom stereocenters. The number of ether oxygens (including phenoxy) is 2. The van der Waals surface area contributed by atoms with E-state index in [2.05, 4.69) is 15.5 Å². The van der Waals surface area contributed by atoms with Crippen molar-refractivity contribution in [2.24, 2.45) is 0 Å². The first-order valence-corrected chi connectivity index (χ1v) is 9.90. The van der Waals surface area contributed by atoms with Crippen molar-refractivity contribution in [1.82, 2.24) is 10.2 Å². The summed E-state index contributed by atoms with van der Waals surface area (Å²) in [4.78, 5) is 14.4. The van der Waals surface area contributed by atoms with E-state index in [9.17, 15) is 15.0 Å². The molecule has 2 amide bonds. The molecule has 8 nitrogen and oxygen atoms in total. The number of nitrogens with one attached hydrogen (secondary N) is 2. The molecule has 1 aromatic rings. The van der Waals surface area contributed by atoms with Gasteiger partial charge < -0.3 is 30.3 Å². The Bertz CT molecular complexity index is 668. The third-order valence-corrected chi connectivity index (χ3v) is 5.59. The maximum Gasteiger partial charge on any atom is 0.319 e. The number of anilines is 1. The molecule has 4 N–H and O–H groups in total. The van der Waals surface area contributed by atoms with Crippen molar-refractivity contribution in [3.8, 4) is 0 Å². The van der Waals surface area contributed by atoms with Crippen LogP contribution in [0.5, 0.6) is 0 Å². The summed E-state index contributed by atoms with van der Waals surface area (Å²) >= 11 is 5.93. The van der Waals surface area contributed by atoms with Gasteiger partial charge in [0.25, 0.3) is 0 Å². The number of urea groups is 1. The first-order chi connectivity index (χ1) is 13.5. The summed E-state index contributed by atoms with van der Waals surface area (Å²) in [5.74, 6) is 0. The maximum absolute atomic E-state index is 12.2. The molecule has 2 aliphatic rings. The van der Waals surface area contributed by atoms with Crippen LogP contribution in [0, 0.1) is 0 Å². The Morgan fingerprint density at radius 3 is 2.90 bits per heavy atom. The van der Waals surface area contributed by atoms with E-state index < -0.39 is 18.3 Å². The Hall–Kier alpha value is -1.13. The topological polar surface area (TPSA) is 103 Å². The average Bonchev–Trinajstić information content (AvgIpc) is 3.24. The summed E-state index contributed by atoms with van der Waals surface area (Å²) < 4.78 is 11.2. The largest absolute Gasteiger partial charge is 0.394 e. The first kappa shape index (κ1) is 24.1. The highest BCUT2D eigenvalue weighted by molar-refractivity contribution is 6.30. The zero-order valence-electron chi connectivity index (χ0n) is 16.3. The van der Waals surface area contributed by atoms with Crippen LogP contribution in [0.15, 0.2) is 24.3 Å². The Morgan fingerprint density at radius 2 is 2.21 bits per heavy atom. The van der Waals surface area contributed by atoms with E-state index in [4.69, 9.17) is 21.1 Å². The number of hydrogen-bond donors (Lipinski definition) is 4. The van der Waals surface area contributed by atoms with Crippen molar-refractivity contribution in [3.05, 3.63) is 29.3 Å². The molecule has 0 aromatic heterocycles. The average molecular weight is 450 g/mol. The van der Waals surface area contributed by atoms with Crippen LogP contribution >= 0.6 is 24.0 Å². The molecule has 2 aliphatic heterocycles. The minimum atomic E-state index is -0.828. The van der Waals surface area contributed by atoms with Gasteiger partial charge in [-0.3, -0.25) is 4.90 Å². The van der Waals surface area contributed by atoms with Crippen molar-refractivity contribution >= 4 is 35.7 Å². The molecule has 164 valence electrons. The normalized spacial score (nSPS) is 29.4. The van der Waals surface area contributed by atoms with Gasteiger partial charge in [0.2, 0.25) is 0 Å². The summed E-state index contributed by atoms with van der Waals surface area (Å²) in [5, 5.41) is 26.3. The number of methoxy groups -OCH3 is 1. The van der Waals surface area contributed by atoms with Crippen LogP contribution in [0.3, 0.4) is 0 Å². The Morgan fingerprint density at radius 1 is 1.41 bits per heavy atom. The van der Waals surface area contributed by atoms with Crippen molar-refractivity contribution in [2.75, 3.05) is 38.7 Å². The van der Waals surface area contributed by atoms with Gasteiger partial charge >= 0.3 is 6.03 Å². The quantitative estimate of drug-likeness (QED) is 0.502. The van der Waals surface area contributed by atoms with Crippen molar-refractivity contribution < 1.29 is 24.5 Å². The van der Waals surface area contributed by atoms with Crippen molar-refractivity contribution in [3.63, 3.8) is 0 Å². The second-order valence-corrected chi connectivity index (χ2v) is 7.65. The molecule has 0 saturated carbocycles. The number of carbonyl (C=O) groups is 1. The number of likely N-dealkylation sites (tertiary alicyclic amines) is 1. The standard InChI is InChI=1S/C19H28ClN3O5.ClH/c1-27-11-14-6-3-7-23(14)17-15(28-16(10-24)18(17)25)9-21-19(26)22-13-5-2-4-12(20)8-13;/h2,4-5,8,14-18,24-25H,3,6-7,9-11H2,1H3,(H2,21,22,26);1H/t14-,15-,16+,17+,18-;/m1./s1. The van der Waals surface area contributed by atoms with Gasteiger partial charge in [0, 0.05) is 30.4 Å². The van der Waals surface area contributed by atoms with Crippen LogP contribution in [0.2, 0.25) is 5.02 Å². The van der Waals surface area contributed by atoms with Gasteiger partial charge in [-0.15, -0.1) is 12.4 Å². The molecule has 10 heteroatoms. The van der Waals surface area contributed by atoms with E-state index in [1.807, 2.05) is 0 Å². The molecule has 2 fully saturated rings. The zero-order valence-corrected chi connectivity index (χ0v) is 17.9. The summed E-state index contributed by atoms with van der Waals surface area (Å²) in [7, 11) is 1.66. The molecule has 1 aromatic carbocycles. The van der Waals surface area contributed by atoms with Gasteiger partial charge in [-0.1, -0.05) is 17.7 Å². The molecule has 2 saturated heterocycles. The first-order valence-electron chi connectivity index (χ1n) is 9.53. The summed E-state index contributed by atoms with van der Waals surface area (Å²) in [6, 6.07) is 6.36. The van der Waals surface area contributed by atoms with Crippen molar-refractivity contribution in [1.29, 1.82) is 0 Å². The number of carbonyl (C=O) groups excluding carboxylic acids is 1. The van der Waals surface area contributed by atoms with Gasteiger partial charge in [0.15, 0.2) is 0 Å². The number of benzene rings is 1. The monoisotopic (exact) mass is 449 g/mol. The lowest BCUT2D eigenvalue weighted by Gasteiger charge is -2.34. The third-order valence-electron chi connectivity index (χ3n) is 5.35. The van der Waals surface area contributed by atoms with E-state index in [1.54, 1.807) is 31.4 Å². The van der Waals surface area contributed by atoms with E-state index in [1.165, 1.54) is 0 Å². The van der Waals surface area contributed by atoms with Crippen LogP contribution in [0.4, 0.5) is 10.5 Å². The Balaban J connectivity index is 0.00000300. The van der Waals surface area contributed by atoms with Crippen LogP contribution in [0.25, 0.3) is 0 Å². The second-order valence-electron chi connectivity index (χ2n) is 7.21. The summed E-state index contributed by atoms with van der Waals surface area (Å²) in [6.45, 7) is 1.33. The molecule has 0 spiro atoms. The van der Waals surface area contributed by atoms with E-state index in [-0.39, 0.29) is 43.7 Å². The van der Waals surface area contributed by atoms with Gasteiger partial charge in [-0.2, -0.15) is 0 Å². The highest BCUT2D eigenvalue weighted by Gasteiger charge is 2.48. The fourth-order valence-electron chi connectivity index (χ4n) is 4.11. The highest BCUT2D eigenvalue weighted by Crippen LogP contribution is 2.31. The minimum absolute atomic E-state index is 0. The number of halogens is 2. The third kappa shape index (κ3) is 5.95. The SMILES string of the molecule is COC[C@H]1CCCN1[C@@H]1[C@H](O)[C@H](CO)O[C@@H]1CNC(=O)Nc1cccc(Cl)c1.Cl. The zero-order chi connectivity index (χ0) is 20.1. The second kappa shape index (κ2) is 11.3. The molecule has 0 bridgehead atoms. The molecule has 3 rings (SSSR count). The summed E-state index contributed by atoms with van der Waals surface area (Å²) in [6.07, 6.45) is 0.0590.